The summed E-state index contributed by atoms with van der Waals surface area (Å²) < 4.78 is 62.6. The standard InChI is InChI=1S/C14H14F4N4O2/c1-19-12-8(14(16,17)18)6-20-13(22-12)21-9-4-7(23-2)5-10(24-3)11(9)15/h4-6H,1-3H3,(H2,19,20,21,22). The molecule has 1 aromatic heterocycles. The Balaban J connectivity index is 2.42. The van der Waals surface area contributed by atoms with Gasteiger partial charge in [-0.1, -0.05) is 0 Å². The Kier molecular flexibility index (Phi) is 4.96. The maximum atomic E-state index is 14.2. The van der Waals surface area contributed by atoms with Crippen molar-refractivity contribution in [3.8, 4) is 11.5 Å². The normalized spacial score (nSPS) is 11.1. The quantitative estimate of drug-likeness (QED) is 0.809. The first-order valence-corrected chi connectivity index (χ1v) is 6.60. The number of benzene rings is 1. The SMILES string of the molecule is CNc1nc(Nc2cc(OC)cc(OC)c2F)ncc1C(F)(F)F. The highest BCUT2D eigenvalue weighted by atomic mass is 19.4. The maximum Gasteiger partial charge on any atom is 0.421 e. The molecule has 1 heterocycles. The molecule has 0 bridgehead atoms. The molecule has 2 N–H and O–H groups in total. The second-order valence-corrected chi connectivity index (χ2v) is 4.52. The lowest BCUT2D eigenvalue weighted by Gasteiger charge is -2.14. The minimum Gasteiger partial charge on any atom is -0.497 e. The average molecular weight is 346 g/mol. The van der Waals surface area contributed by atoms with Crippen molar-refractivity contribution in [2.45, 2.75) is 6.18 Å². The van der Waals surface area contributed by atoms with Crippen LogP contribution in [0.4, 0.5) is 35.0 Å². The van der Waals surface area contributed by atoms with Crippen LogP contribution in [0.15, 0.2) is 18.3 Å². The van der Waals surface area contributed by atoms with E-state index in [1.807, 2.05) is 0 Å². The number of methoxy groups -OCH3 is 2. The summed E-state index contributed by atoms with van der Waals surface area (Å²) in [5.74, 6) is -1.22. The molecule has 0 aliphatic rings. The fraction of sp³-hybridized carbons (Fsp3) is 0.286. The molecule has 2 aromatic rings. The predicted molar refractivity (Wildman–Crippen MR) is 79.4 cm³/mol. The first-order chi connectivity index (χ1) is 11.3. The minimum absolute atomic E-state index is 0.0994. The predicted octanol–water partition coefficient (Wildman–Crippen LogP) is 3.44. The van der Waals surface area contributed by atoms with Crippen LogP contribution in [0.3, 0.4) is 0 Å². The van der Waals surface area contributed by atoms with Crippen LogP contribution < -0.4 is 20.1 Å². The van der Waals surface area contributed by atoms with E-state index in [9.17, 15) is 17.6 Å². The van der Waals surface area contributed by atoms with Crippen molar-refractivity contribution in [1.82, 2.24) is 9.97 Å². The Labute approximate surface area is 134 Å². The number of nitrogens with zero attached hydrogens (tertiary/aromatic N) is 2. The van der Waals surface area contributed by atoms with Crippen LogP contribution in [0.25, 0.3) is 0 Å². The van der Waals surface area contributed by atoms with Gasteiger partial charge in [-0.15, -0.1) is 0 Å². The average Bonchev–Trinajstić information content (AvgIpc) is 2.55. The van der Waals surface area contributed by atoms with E-state index in [0.29, 0.717) is 6.20 Å². The Morgan fingerprint density at radius 2 is 1.83 bits per heavy atom. The number of aromatic nitrogens is 2. The van der Waals surface area contributed by atoms with Gasteiger partial charge in [-0.25, -0.2) is 9.37 Å². The van der Waals surface area contributed by atoms with E-state index in [-0.39, 0.29) is 23.1 Å². The summed E-state index contributed by atoms with van der Waals surface area (Å²) in [6.45, 7) is 0. The van der Waals surface area contributed by atoms with Crippen molar-refractivity contribution >= 4 is 17.5 Å². The molecule has 0 aliphatic heterocycles. The summed E-state index contributed by atoms with van der Waals surface area (Å²) in [6.07, 6.45) is -4.00. The third-order valence-corrected chi connectivity index (χ3v) is 3.05. The topological polar surface area (TPSA) is 68.3 Å². The van der Waals surface area contributed by atoms with Crippen molar-refractivity contribution in [2.75, 3.05) is 31.9 Å². The summed E-state index contributed by atoms with van der Waals surface area (Å²) in [7, 11) is 3.94. The summed E-state index contributed by atoms with van der Waals surface area (Å²) in [5, 5.41) is 4.84. The van der Waals surface area contributed by atoms with E-state index < -0.39 is 23.4 Å². The van der Waals surface area contributed by atoms with Crippen molar-refractivity contribution < 1.29 is 27.0 Å². The number of alkyl halides is 3. The number of nitrogens with one attached hydrogen (secondary N) is 2. The number of halogens is 4. The Morgan fingerprint density at radius 1 is 1.12 bits per heavy atom. The smallest absolute Gasteiger partial charge is 0.421 e. The fourth-order valence-electron chi connectivity index (χ4n) is 1.89. The number of anilines is 3. The van der Waals surface area contributed by atoms with Gasteiger partial charge in [0.1, 0.15) is 17.1 Å². The van der Waals surface area contributed by atoms with Gasteiger partial charge in [0.15, 0.2) is 11.6 Å². The van der Waals surface area contributed by atoms with Crippen molar-refractivity contribution in [3.63, 3.8) is 0 Å². The highest BCUT2D eigenvalue weighted by Crippen LogP contribution is 2.35. The molecule has 0 spiro atoms. The van der Waals surface area contributed by atoms with Crippen molar-refractivity contribution in [3.05, 3.63) is 29.7 Å². The van der Waals surface area contributed by atoms with E-state index >= 15 is 0 Å². The highest BCUT2D eigenvalue weighted by molar-refractivity contribution is 5.62. The monoisotopic (exact) mass is 346 g/mol. The molecule has 6 nitrogen and oxygen atoms in total. The van der Waals surface area contributed by atoms with Crippen LogP contribution in [0.2, 0.25) is 0 Å². The molecular weight excluding hydrogens is 332 g/mol. The molecule has 10 heteroatoms. The lowest BCUT2D eigenvalue weighted by molar-refractivity contribution is -0.137. The molecule has 1 aromatic carbocycles. The van der Waals surface area contributed by atoms with Crippen LogP contribution in [-0.2, 0) is 6.18 Å². The zero-order valence-electron chi connectivity index (χ0n) is 13.0. The zero-order chi connectivity index (χ0) is 17.9. The molecule has 0 unspecified atom stereocenters. The van der Waals surface area contributed by atoms with E-state index in [0.717, 1.165) is 0 Å². The Morgan fingerprint density at radius 3 is 2.38 bits per heavy atom. The number of hydrogen-bond acceptors (Lipinski definition) is 6. The van der Waals surface area contributed by atoms with Gasteiger partial charge < -0.3 is 20.1 Å². The van der Waals surface area contributed by atoms with Gasteiger partial charge in [-0.2, -0.15) is 18.2 Å². The summed E-state index contributed by atoms with van der Waals surface area (Å²) >= 11 is 0. The van der Waals surface area contributed by atoms with Crippen LogP contribution in [0.1, 0.15) is 5.56 Å². The molecule has 0 aliphatic carbocycles. The summed E-state index contributed by atoms with van der Waals surface area (Å²) in [6, 6.07) is 2.63. The van der Waals surface area contributed by atoms with Crippen LogP contribution in [0, 0.1) is 5.82 Å². The maximum absolute atomic E-state index is 14.2. The Hall–Kier alpha value is -2.78. The van der Waals surface area contributed by atoms with Gasteiger partial charge >= 0.3 is 6.18 Å². The van der Waals surface area contributed by atoms with Crippen molar-refractivity contribution in [2.24, 2.45) is 0 Å². The van der Waals surface area contributed by atoms with E-state index in [1.54, 1.807) is 0 Å². The zero-order valence-corrected chi connectivity index (χ0v) is 13.0. The summed E-state index contributed by atoms with van der Waals surface area (Å²) in [5.41, 5.74) is -1.13. The van der Waals surface area contributed by atoms with Gasteiger partial charge in [0.25, 0.3) is 0 Å². The van der Waals surface area contributed by atoms with Crippen LogP contribution in [-0.4, -0.2) is 31.2 Å². The second kappa shape index (κ2) is 6.77. The number of rotatable bonds is 5. The molecular formula is C14H14F4N4O2. The molecule has 0 atom stereocenters. The van der Waals surface area contributed by atoms with Gasteiger partial charge in [0.2, 0.25) is 5.95 Å². The third-order valence-electron chi connectivity index (χ3n) is 3.05. The molecule has 0 radical (unpaired) electrons. The molecule has 24 heavy (non-hydrogen) atoms. The Bertz CT molecular complexity index is 737. The minimum atomic E-state index is -4.61. The number of hydrogen-bond donors (Lipinski definition) is 2. The number of ether oxygens (including phenoxy) is 2. The van der Waals surface area contributed by atoms with E-state index in [1.165, 1.54) is 33.4 Å². The second-order valence-electron chi connectivity index (χ2n) is 4.52. The largest absolute Gasteiger partial charge is 0.497 e. The van der Waals surface area contributed by atoms with E-state index in [4.69, 9.17) is 9.47 Å². The third kappa shape index (κ3) is 3.58. The lowest BCUT2D eigenvalue weighted by atomic mass is 10.2. The molecule has 0 amide bonds. The lowest BCUT2D eigenvalue weighted by Crippen LogP contribution is -2.12. The van der Waals surface area contributed by atoms with E-state index in [2.05, 4.69) is 20.6 Å². The van der Waals surface area contributed by atoms with Gasteiger partial charge in [0.05, 0.1) is 19.9 Å². The first kappa shape index (κ1) is 17.6. The van der Waals surface area contributed by atoms with Crippen LogP contribution in [0.5, 0.6) is 11.5 Å². The summed E-state index contributed by atoms with van der Waals surface area (Å²) in [4.78, 5) is 7.27. The van der Waals surface area contributed by atoms with Crippen LogP contribution >= 0.6 is 0 Å². The van der Waals surface area contributed by atoms with Crippen molar-refractivity contribution in [1.29, 1.82) is 0 Å². The van der Waals surface area contributed by atoms with Gasteiger partial charge in [0, 0.05) is 25.4 Å². The molecule has 0 fully saturated rings. The van der Waals surface area contributed by atoms with Gasteiger partial charge in [-0.05, 0) is 0 Å². The molecule has 2 rings (SSSR count). The first-order valence-electron chi connectivity index (χ1n) is 6.60. The fourth-order valence-corrected chi connectivity index (χ4v) is 1.89. The molecule has 0 saturated heterocycles. The van der Waals surface area contributed by atoms with Gasteiger partial charge in [-0.3, -0.25) is 0 Å². The molecule has 0 saturated carbocycles. The molecule has 130 valence electrons. The highest BCUT2D eigenvalue weighted by Gasteiger charge is 2.35.